The number of fused-ring (bicyclic) bond motifs is 2. The first-order valence-electron chi connectivity index (χ1n) is 13.2. The minimum Gasteiger partial charge on any atom is -0.488 e. The van der Waals surface area contributed by atoms with E-state index in [1.54, 1.807) is 30.5 Å². The Bertz CT molecular complexity index is 1760. The molecule has 0 N–H and O–H groups in total. The van der Waals surface area contributed by atoms with Gasteiger partial charge in [-0.3, -0.25) is 4.79 Å². The zero-order valence-electron chi connectivity index (χ0n) is 21.3. The third-order valence-electron chi connectivity index (χ3n) is 7.38. The van der Waals surface area contributed by atoms with Crippen LogP contribution in [0.1, 0.15) is 55.0 Å². The molecular formula is C32H27BrFN3O2. The lowest BCUT2D eigenvalue weighted by Crippen LogP contribution is -2.25. The van der Waals surface area contributed by atoms with Gasteiger partial charge in [0.2, 0.25) is 0 Å². The first-order chi connectivity index (χ1) is 19.1. The third kappa shape index (κ3) is 5.23. The van der Waals surface area contributed by atoms with Crippen LogP contribution in [0.4, 0.5) is 4.39 Å². The van der Waals surface area contributed by atoms with Gasteiger partial charge in [-0.2, -0.15) is 9.78 Å². The second kappa shape index (κ2) is 11.1. The molecule has 0 unspecified atom stereocenters. The number of hydrogen-bond donors (Lipinski definition) is 0. The summed E-state index contributed by atoms with van der Waals surface area (Å²) in [6.07, 6.45) is 7.06. The van der Waals surface area contributed by atoms with Crippen LogP contribution in [0.3, 0.4) is 0 Å². The number of halogens is 2. The summed E-state index contributed by atoms with van der Waals surface area (Å²) in [5, 5.41) is 7.21. The molecule has 0 aliphatic heterocycles. The third-order valence-corrected chi connectivity index (χ3v) is 7.87. The summed E-state index contributed by atoms with van der Waals surface area (Å²) in [5.74, 6) is 1.11. The van der Waals surface area contributed by atoms with Gasteiger partial charge in [0.1, 0.15) is 24.0 Å². The van der Waals surface area contributed by atoms with Crippen LogP contribution >= 0.6 is 15.9 Å². The zero-order chi connectivity index (χ0) is 26.8. The van der Waals surface area contributed by atoms with E-state index in [1.807, 2.05) is 48.5 Å². The van der Waals surface area contributed by atoms with Crippen molar-refractivity contribution < 1.29 is 9.13 Å². The van der Waals surface area contributed by atoms with Gasteiger partial charge in [0, 0.05) is 21.5 Å². The van der Waals surface area contributed by atoms with E-state index in [0.717, 1.165) is 46.5 Å². The predicted molar refractivity (Wildman–Crippen MR) is 157 cm³/mol. The Kier molecular flexibility index (Phi) is 7.24. The minimum absolute atomic E-state index is 0.0741. The van der Waals surface area contributed by atoms with Crippen molar-refractivity contribution in [3.05, 3.63) is 116 Å². The van der Waals surface area contributed by atoms with Gasteiger partial charge in [-0.25, -0.2) is 9.37 Å². The zero-order valence-corrected chi connectivity index (χ0v) is 22.9. The Morgan fingerprint density at radius 1 is 0.974 bits per heavy atom. The Morgan fingerprint density at radius 3 is 2.62 bits per heavy atom. The molecule has 7 heteroatoms. The van der Waals surface area contributed by atoms with Crippen LogP contribution in [-0.4, -0.2) is 15.9 Å². The molecule has 1 aliphatic rings. The van der Waals surface area contributed by atoms with Crippen LogP contribution < -0.4 is 10.3 Å². The molecule has 0 bridgehead atoms. The smallest absolute Gasteiger partial charge is 0.282 e. The molecule has 1 heterocycles. The molecule has 1 aliphatic carbocycles. The quantitative estimate of drug-likeness (QED) is 0.190. The molecule has 0 atom stereocenters. The van der Waals surface area contributed by atoms with Crippen molar-refractivity contribution in [3.8, 4) is 5.75 Å². The van der Waals surface area contributed by atoms with Gasteiger partial charge in [-0.1, -0.05) is 83.7 Å². The first kappa shape index (κ1) is 25.4. The van der Waals surface area contributed by atoms with Crippen molar-refractivity contribution in [3.63, 3.8) is 0 Å². The van der Waals surface area contributed by atoms with Crippen LogP contribution in [0.5, 0.6) is 5.75 Å². The average Bonchev–Trinajstić information content (AvgIpc) is 2.97. The van der Waals surface area contributed by atoms with Gasteiger partial charge in [-0.15, -0.1) is 0 Å². The second-order valence-corrected chi connectivity index (χ2v) is 10.8. The van der Waals surface area contributed by atoms with Crippen LogP contribution in [0.2, 0.25) is 0 Å². The fraction of sp³-hybridized carbons (Fsp3) is 0.219. The van der Waals surface area contributed by atoms with Crippen LogP contribution in [0.15, 0.2) is 93.2 Å². The highest BCUT2D eigenvalue weighted by atomic mass is 79.9. The molecule has 1 fully saturated rings. The van der Waals surface area contributed by atoms with Gasteiger partial charge >= 0.3 is 0 Å². The molecule has 0 amide bonds. The maximum Gasteiger partial charge on any atom is 0.282 e. The normalized spacial score (nSPS) is 14.4. The van der Waals surface area contributed by atoms with Crippen molar-refractivity contribution in [1.29, 1.82) is 0 Å². The van der Waals surface area contributed by atoms with Gasteiger partial charge in [-0.05, 0) is 53.9 Å². The van der Waals surface area contributed by atoms with E-state index in [0.29, 0.717) is 28.0 Å². The number of hydrogen-bond acceptors (Lipinski definition) is 4. The van der Waals surface area contributed by atoms with Gasteiger partial charge in [0.05, 0.1) is 17.1 Å². The predicted octanol–water partition coefficient (Wildman–Crippen LogP) is 7.96. The SMILES string of the molecule is O=c1c2cc(Br)ccc2nc(C2CCCCC2)n1N=Cc1c(OCc2ccccc2F)ccc2ccccc12. The average molecular weight is 584 g/mol. The molecule has 0 radical (unpaired) electrons. The van der Waals surface area contributed by atoms with Crippen molar-refractivity contribution in [2.24, 2.45) is 5.10 Å². The molecule has 39 heavy (non-hydrogen) atoms. The Labute approximate surface area is 234 Å². The van der Waals surface area contributed by atoms with Crippen molar-refractivity contribution in [2.75, 3.05) is 0 Å². The number of ether oxygens (including phenoxy) is 1. The van der Waals surface area contributed by atoms with Crippen molar-refractivity contribution >= 4 is 43.8 Å². The van der Waals surface area contributed by atoms with Crippen LogP contribution in [0, 0.1) is 5.82 Å². The molecule has 6 rings (SSSR count). The number of benzene rings is 4. The number of nitrogens with zero attached hydrogens (tertiary/aromatic N) is 3. The van der Waals surface area contributed by atoms with Crippen LogP contribution in [-0.2, 0) is 6.61 Å². The fourth-order valence-electron chi connectivity index (χ4n) is 5.32. The lowest BCUT2D eigenvalue weighted by molar-refractivity contribution is 0.300. The first-order valence-corrected chi connectivity index (χ1v) is 14.0. The van der Waals surface area contributed by atoms with E-state index >= 15 is 0 Å². The fourth-order valence-corrected chi connectivity index (χ4v) is 5.68. The maximum atomic E-state index is 14.3. The van der Waals surface area contributed by atoms with E-state index in [9.17, 15) is 9.18 Å². The highest BCUT2D eigenvalue weighted by molar-refractivity contribution is 9.10. The molecule has 5 nitrogen and oxygen atoms in total. The summed E-state index contributed by atoms with van der Waals surface area (Å²) in [7, 11) is 0. The number of rotatable bonds is 6. The molecule has 1 aromatic heterocycles. The van der Waals surface area contributed by atoms with Gasteiger partial charge in [0.25, 0.3) is 5.56 Å². The Balaban J connectivity index is 1.47. The summed E-state index contributed by atoms with van der Waals surface area (Å²) < 4.78 is 22.7. The van der Waals surface area contributed by atoms with E-state index in [1.165, 1.54) is 17.2 Å². The topological polar surface area (TPSA) is 56.5 Å². The summed E-state index contributed by atoms with van der Waals surface area (Å²) in [6, 6.07) is 23.9. The minimum atomic E-state index is -0.314. The van der Waals surface area contributed by atoms with Crippen molar-refractivity contribution in [2.45, 2.75) is 44.6 Å². The monoisotopic (exact) mass is 583 g/mol. The molecular weight excluding hydrogens is 557 g/mol. The second-order valence-electron chi connectivity index (χ2n) is 9.91. The number of aromatic nitrogens is 2. The highest BCUT2D eigenvalue weighted by Gasteiger charge is 2.22. The molecule has 1 saturated carbocycles. The lowest BCUT2D eigenvalue weighted by Gasteiger charge is -2.23. The Hall–Kier alpha value is -3.84. The lowest BCUT2D eigenvalue weighted by atomic mass is 9.88. The van der Waals surface area contributed by atoms with E-state index in [4.69, 9.17) is 14.8 Å². The van der Waals surface area contributed by atoms with Gasteiger partial charge in [0.15, 0.2) is 0 Å². The summed E-state index contributed by atoms with van der Waals surface area (Å²) in [4.78, 5) is 18.7. The summed E-state index contributed by atoms with van der Waals surface area (Å²) in [6.45, 7) is 0.0741. The molecule has 196 valence electrons. The molecule has 5 aromatic rings. The maximum absolute atomic E-state index is 14.3. The van der Waals surface area contributed by atoms with E-state index in [2.05, 4.69) is 15.9 Å². The molecule has 4 aromatic carbocycles. The Morgan fingerprint density at radius 2 is 1.77 bits per heavy atom. The summed E-state index contributed by atoms with van der Waals surface area (Å²) in [5.41, 5.74) is 1.66. The van der Waals surface area contributed by atoms with Gasteiger partial charge < -0.3 is 4.74 Å². The highest BCUT2D eigenvalue weighted by Crippen LogP contribution is 2.32. The van der Waals surface area contributed by atoms with E-state index < -0.39 is 0 Å². The largest absolute Gasteiger partial charge is 0.488 e. The summed E-state index contributed by atoms with van der Waals surface area (Å²) >= 11 is 3.48. The standard InChI is InChI=1S/C32H27BrFN3O2/c33-24-15-16-29-26(18-24)32(38)37(31(36-29)22-9-2-1-3-10-22)35-19-27-25-12-6-4-8-21(25)14-17-30(27)39-20-23-11-5-7-13-28(23)34/h4-8,11-19,22H,1-3,9-10,20H2. The van der Waals surface area contributed by atoms with Crippen LogP contribution in [0.25, 0.3) is 21.7 Å². The molecule has 0 saturated heterocycles. The van der Waals surface area contributed by atoms with Crippen molar-refractivity contribution in [1.82, 2.24) is 9.66 Å². The van der Waals surface area contributed by atoms with E-state index in [-0.39, 0.29) is 23.9 Å². The molecule has 0 spiro atoms.